The van der Waals surface area contributed by atoms with Gasteiger partial charge in [-0.1, -0.05) is 345 Å². The van der Waals surface area contributed by atoms with Gasteiger partial charge >= 0.3 is 23.9 Å². The number of hydrogen-bond acceptors (Lipinski definition) is 13. The average Bonchev–Trinajstić information content (AvgIpc) is 1.69. The van der Waals surface area contributed by atoms with Crippen molar-refractivity contribution in [3.8, 4) is 0 Å². The first-order chi connectivity index (χ1) is 56.2. The van der Waals surface area contributed by atoms with Gasteiger partial charge in [-0.2, -0.15) is 0 Å². The molecular weight excluding hydrogens is 1430 g/mol. The summed E-state index contributed by atoms with van der Waals surface area (Å²) >= 11 is 0. The van der Waals surface area contributed by atoms with Crippen LogP contribution in [0.4, 0.5) is 0 Å². The van der Waals surface area contributed by atoms with Crippen molar-refractivity contribution in [2.45, 2.75) is 517 Å². The second-order valence-corrected chi connectivity index (χ2v) is 37.0. The maximum atomic E-state index is 13.1. The highest BCUT2D eigenvalue weighted by molar-refractivity contribution is 5.70. The molecule has 0 aliphatic carbocycles. The largest absolute Gasteiger partial charge is 0.466 e. The molecule has 2 fully saturated rings. The van der Waals surface area contributed by atoms with E-state index in [1.807, 2.05) is 0 Å². The van der Waals surface area contributed by atoms with Gasteiger partial charge in [0.15, 0.2) is 5.79 Å². The molecule has 2 saturated heterocycles. The Morgan fingerprint density at radius 2 is 0.730 bits per heavy atom. The van der Waals surface area contributed by atoms with Crippen LogP contribution in [0.1, 0.15) is 499 Å². The molecule has 7 atom stereocenters. The molecule has 7 unspecified atom stereocenters. The molecule has 0 amide bonds. The molecule has 680 valence electrons. The molecule has 0 radical (unpaired) electrons. The van der Waals surface area contributed by atoms with Gasteiger partial charge in [0.1, 0.15) is 0 Å². The van der Waals surface area contributed by atoms with E-state index in [9.17, 15) is 19.2 Å². The highest BCUT2D eigenvalue weighted by Gasteiger charge is 2.40. The molecule has 0 saturated carbocycles. The predicted octanol–water partition coefficient (Wildman–Crippen LogP) is 29.3. The van der Waals surface area contributed by atoms with Crippen LogP contribution in [0.15, 0.2) is 0 Å². The number of ether oxygens (including phenoxy) is 7. The summed E-state index contributed by atoms with van der Waals surface area (Å²) in [5.74, 6) is 3.45. The molecule has 2 aliphatic rings. The standard InChI is InChI=1S/C102H196N2O11/c1-11-19-38-58-91(59-39-20-12-2)74-85-110-98(105)67-46-30-26-25-29-44-65-96(109-84-55-54-80-103(10)18-8)66-45-32-33-48-69-100(107)112-87-76-93(62-42-23-15-5)64-56-57-90(9)95(17-7)72-71-94(63-43-24-16-6)77-88-113-99(106)68-47-31-27-28-35-50-78-102(114-89-97(115-102)73-83-104-81-52-37-53-82-104)79-51-36-34-49-70-101(108)111-86-75-92(60-40-21-13-3)61-41-22-14-4/h90-97H,11-89H2,1-10H3. The normalized spacial score (nSPS) is 16.8. The van der Waals surface area contributed by atoms with E-state index in [4.69, 9.17) is 33.2 Å². The lowest BCUT2D eigenvalue weighted by Gasteiger charge is -2.30. The van der Waals surface area contributed by atoms with Gasteiger partial charge in [-0.05, 0) is 184 Å². The molecule has 0 spiro atoms. The lowest BCUT2D eigenvalue weighted by atomic mass is 9.80. The zero-order valence-electron chi connectivity index (χ0n) is 78.4. The van der Waals surface area contributed by atoms with Gasteiger partial charge < -0.3 is 43.0 Å². The summed E-state index contributed by atoms with van der Waals surface area (Å²) in [4.78, 5) is 56.5. The number of rotatable bonds is 87. The van der Waals surface area contributed by atoms with Crippen LogP contribution in [0.3, 0.4) is 0 Å². The summed E-state index contributed by atoms with van der Waals surface area (Å²) in [5.41, 5.74) is 0. The first-order valence-corrected chi connectivity index (χ1v) is 51.2. The quantitative estimate of drug-likeness (QED) is 0.0325. The fraction of sp³-hybridized carbons (Fsp3) is 0.961. The van der Waals surface area contributed by atoms with Crippen LogP contribution in [0.5, 0.6) is 0 Å². The molecule has 13 nitrogen and oxygen atoms in total. The van der Waals surface area contributed by atoms with Crippen LogP contribution >= 0.6 is 0 Å². The van der Waals surface area contributed by atoms with Gasteiger partial charge in [0.2, 0.25) is 0 Å². The van der Waals surface area contributed by atoms with E-state index in [2.05, 4.69) is 79.2 Å². The molecule has 0 aromatic heterocycles. The minimum absolute atomic E-state index is 0.00465. The summed E-state index contributed by atoms with van der Waals surface area (Å²) in [7, 11) is 2.20. The van der Waals surface area contributed by atoms with Crippen LogP contribution in [0.25, 0.3) is 0 Å². The van der Waals surface area contributed by atoms with E-state index >= 15 is 0 Å². The Kier molecular flexibility index (Phi) is 74.6. The van der Waals surface area contributed by atoms with Crippen LogP contribution in [-0.4, -0.2) is 131 Å². The van der Waals surface area contributed by atoms with Crippen LogP contribution in [0.2, 0.25) is 0 Å². The predicted molar refractivity (Wildman–Crippen MR) is 487 cm³/mol. The highest BCUT2D eigenvalue weighted by Crippen LogP contribution is 2.37. The minimum atomic E-state index is -0.487. The zero-order valence-corrected chi connectivity index (χ0v) is 78.4. The first-order valence-electron chi connectivity index (χ1n) is 51.2. The Balaban J connectivity index is 1.71. The number of nitrogens with zero attached hydrogens (tertiary/aromatic N) is 2. The van der Waals surface area contributed by atoms with Crippen molar-refractivity contribution in [1.82, 2.24) is 9.80 Å². The average molecular weight is 1630 g/mol. The SMILES string of the molecule is CCCCCC(CCCCC)CCOC(=O)CCCCCCCCC(CCCCCCC(=O)OCCC(CCCCC)CCCC(C)C(CC)CCC(CCCCC)CCOC(=O)CCCCCCCCC1(CCCCCCC(=O)OCCC(CCCCC)CCCCC)OCC(CCN2CCCCC2)O1)OCCCCN(C)CC. The topological polar surface area (TPSA) is 139 Å². The van der Waals surface area contributed by atoms with Crippen molar-refractivity contribution < 1.29 is 52.3 Å². The second kappa shape index (κ2) is 78.9. The van der Waals surface area contributed by atoms with Crippen molar-refractivity contribution in [1.29, 1.82) is 0 Å². The van der Waals surface area contributed by atoms with Gasteiger partial charge in [0, 0.05) is 51.7 Å². The maximum Gasteiger partial charge on any atom is 0.305 e. The third kappa shape index (κ3) is 64.2. The Hall–Kier alpha value is -2.32. The number of hydrogen-bond donors (Lipinski definition) is 0. The number of esters is 4. The third-order valence-corrected chi connectivity index (χ3v) is 26.6. The van der Waals surface area contributed by atoms with E-state index in [1.54, 1.807) is 0 Å². The minimum Gasteiger partial charge on any atom is -0.466 e. The van der Waals surface area contributed by atoms with Crippen molar-refractivity contribution >= 4 is 23.9 Å². The fourth-order valence-electron chi connectivity index (χ4n) is 18.4. The molecule has 115 heavy (non-hydrogen) atoms. The second-order valence-electron chi connectivity index (χ2n) is 37.0. The lowest BCUT2D eigenvalue weighted by molar-refractivity contribution is -0.180. The van der Waals surface area contributed by atoms with Gasteiger partial charge in [-0.15, -0.1) is 0 Å². The van der Waals surface area contributed by atoms with E-state index in [0.717, 1.165) is 193 Å². The number of unbranched alkanes of at least 4 members (excludes halogenated alkanes) is 29. The van der Waals surface area contributed by atoms with E-state index in [-0.39, 0.29) is 30.0 Å². The maximum absolute atomic E-state index is 13.1. The number of carbonyl (C=O) groups is 4. The van der Waals surface area contributed by atoms with E-state index < -0.39 is 5.79 Å². The van der Waals surface area contributed by atoms with Crippen LogP contribution in [-0.2, 0) is 52.3 Å². The first kappa shape index (κ1) is 109. The molecule has 0 aromatic carbocycles. The summed E-state index contributed by atoms with van der Waals surface area (Å²) in [6.45, 7) is 30.4. The Morgan fingerprint density at radius 3 is 1.11 bits per heavy atom. The molecule has 2 rings (SSSR count). The molecule has 2 aliphatic heterocycles. The molecular formula is C102H196N2O11. The van der Waals surface area contributed by atoms with E-state index in [0.29, 0.717) is 100 Å². The lowest BCUT2D eigenvalue weighted by Crippen LogP contribution is -2.34. The Labute approximate surface area is 714 Å². The molecule has 13 heteroatoms. The molecule has 0 N–H and O–H groups in total. The smallest absolute Gasteiger partial charge is 0.305 e. The number of piperidine rings is 1. The monoisotopic (exact) mass is 1630 g/mol. The number of likely N-dealkylation sites (tertiary alicyclic amines) is 1. The zero-order chi connectivity index (χ0) is 83.4. The van der Waals surface area contributed by atoms with Gasteiger partial charge in [-0.3, -0.25) is 19.2 Å². The molecule has 0 bridgehead atoms. The van der Waals surface area contributed by atoms with Crippen LogP contribution < -0.4 is 0 Å². The van der Waals surface area contributed by atoms with Crippen LogP contribution in [0, 0.1) is 35.5 Å². The van der Waals surface area contributed by atoms with Crippen molar-refractivity contribution in [2.75, 3.05) is 79.4 Å². The summed E-state index contributed by atoms with van der Waals surface area (Å²) in [6, 6.07) is 0. The molecule has 0 aromatic rings. The van der Waals surface area contributed by atoms with Crippen molar-refractivity contribution in [2.24, 2.45) is 35.5 Å². The summed E-state index contributed by atoms with van der Waals surface area (Å²) < 4.78 is 43.5. The van der Waals surface area contributed by atoms with Gasteiger partial charge in [-0.25, -0.2) is 0 Å². The highest BCUT2D eigenvalue weighted by atomic mass is 16.7. The molecule has 2 heterocycles. The van der Waals surface area contributed by atoms with E-state index in [1.165, 1.54) is 257 Å². The fourth-order valence-corrected chi connectivity index (χ4v) is 18.4. The van der Waals surface area contributed by atoms with Crippen molar-refractivity contribution in [3.63, 3.8) is 0 Å². The van der Waals surface area contributed by atoms with Crippen molar-refractivity contribution in [3.05, 3.63) is 0 Å². The van der Waals surface area contributed by atoms with Gasteiger partial charge in [0.05, 0.1) is 45.2 Å². The Morgan fingerprint density at radius 1 is 0.374 bits per heavy atom. The summed E-state index contributed by atoms with van der Waals surface area (Å²) in [6.07, 6.45) is 77.6. The summed E-state index contributed by atoms with van der Waals surface area (Å²) in [5, 5.41) is 0. The van der Waals surface area contributed by atoms with Gasteiger partial charge in [0.25, 0.3) is 0 Å². The Bertz CT molecular complexity index is 2120. The number of carbonyl (C=O) groups excluding carboxylic acids is 4. The third-order valence-electron chi connectivity index (χ3n) is 26.6.